The molecule has 0 saturated heterocycles. The lowest BCUT2D eigenvalue weighted by Gasteiger charge is -2.02. The number of nitrogens with one attached hydrogen (secondary N) is 1. The molecule has 0 radical (unpaired) electrons. The van der Waals surface area contributed by atoms with Gasteiger partial charge in [-0.2, -0.15) is 0 Å². The van der Waals surface area contributed by atoms with Gasteiger partial charge in [-0.3, -0.25) is 4.79 Å². The molecule has 4 nitrogen and oxygen atoms in total. The van der Waals surface area contributed by atoms with E-state index in [1.165, 1.54) is 0 Å². The number of hydrogen-bond acceptors (Lipinski definition) is 3. The molecule has 2 N–H and O–H groups in total. The summed E-state index contributed by atoms with van der Waals surface area (Å²) in [7, 11) is 0. The number of rotatable bonds is 6. The zero-order valence-corrected chi connectivity index (χ0v) is 6.80. The normalized spacial score (nSPS) is 9.64. The van der Waals surface area contributed by atoms with Crippen LogP contribution in [0.15, 0.2) is 0 Å². The van der Waals surface area contributed by atoms with Crippen LogP contribution in [-0.4, -0.2) is 37.4 Å². The van der Waals surface area contributed by atoms with Gasteiger partial charge in [0.15, 0.2) is 0 Å². The van der Waals surface area contributed by atoms with E-state index in [2.05, 4.69) is 5.32 Å². The quantitative estimate of drug-likeness (QED) is 0.517. The van der Waals surface area contributed by atoms with Gasteiger partial charge in [0, 0.05) is 19.8 Å². The minimum atomic E-state index is -0.125. The summed E-state index contributed by atoms with van der Waals surface area (Å²) < 4.78 is 4.85. The van der Waals surface area contributed by atoms with Crippen molar-refractivity contribution in [2.45, 2.75) is 13.3 Å². The fourth-order valence-electron chi connectivity index (χ4n) is 0.553. The van der Waals surface area contributed by atoms with E-state index >= 15 is 0 Å². The molecule has 0 atom stereocenters. The Hall–Kier alpha value is -0.610. The first-order valence-corrected chi connectivity index (χ1v) is 3.76. The number of aliphatic hydroxyl groups excluding tert-OH is 1. The van der Waals surface area contributed by atoms with Gasteiger partial charge >= 0.3 is 0 Å². The first kappa shape index (κ1) is 10.4. The van der Waals surface area contributed by atoms with Crippen molar-refractivity contribution < 1.29 is 14.6 Å². The smallest absolute Gasteiger partial charge is 0.245 e. The van der Waals surface area contributed by atoms with E-state index in [1.54, 1.807) is 0 Å². The minimum Gasteiger partial charge on any atom is -0.396 e. The third kappa shape index (κ3) is 7.29. The highest BCUT2D eigenvalue weighted by Crippen LogP contribution is 1.75. The monoisotopic (exact) mass is 161 g/mol. The zero-order chi connectivity index (χ0) is 8.53. The number of ether oxygens (including phenoxy) is 1. The SMILES string of the molecule is CCOCC(=O)NCCCO. The summed E-state index contributed by atoms with van der Waals surface area (Å²) >= 11 is 0. The van der Waals surface area contributed by atoms with Crippen LogP contribution in [-0.2, 0) is 9.53 Å². The average molecular weight is 161 g/mol. The summed E-state index contributed by atoms with van der Waals surface area (Å²) in [5.41, 5.74) is 0. The van der Waals surface area contributed by atoms with E-state index in [-0.39, 0.29) is 19.1 Å². The number of hydrogen-bond donors (Lipinski definition) is 2. The second-order valence-electron chi connectivity index (χ2n) is 2.06. The highest BCUT2D eigenvalue weighted by Gasteiger charge is 1.97. The van der Waals surface area contributed by atoms with Crippen molar-refractivity contribution in [2.24, 2.45) is 0 Å². The van der Waals surface area contributed by atoms with Gasteiger partial charge in [-0.25, -0.2) is 0 Å². The second kappa shape index (κ2) is 7.50. The van der Waals surface area contributed by atoms with Gasteiger partial charge in [0.05, 0.1) is 0 Å². The van der Waals surface area contributed by atoms with Crippen LogP contribution in [0.2, 0.25) is 0 Å². The minimum absolute atomic E-state index is 0.106. The van der Waals surface area contributed by atoms with Crippen molar-refractivity contribution in [1.82, 2.24) is 5.32 Å². The number of aliphatic hydroxyl groups is 1. The van der Waals surface area contributed by atoms with Crippen LogP contribution in [0.4, 0.5) is 0 Å². The number of carbonyl (C=O) groups is 1. The van der Waals surface area contributed by atoms with Crippen molar-refractivity contribution in [2.75, 3.05) is 26.4 Å². The molecule has 0 aliphatic carbocycles. The van der Waals surface area contributed by atoms with Gasteiger partial charge in [-0.15, -0.1) is 0 Å². The van der Waals surface area contributed by atoms with Crippen molar-refractivity contribution in [3.63, 3.8) is 0 Å². The first-order valence-electron chi connectivity index (χ1n) is 3.76. The highest BCUT2D eigenvalue weighted by molar-refractivity contribution is 5.77. The van der Waals surface area contributed by atoms with Crippen molar-refractivity contribution >= 4 is 5.91 Å². The molecule has 0 saturated carbocycles. The van der Waals surface area contributed by atoms with E-state index in [9.17, 15) is 4.79 Å². The fraction of sp³-hybridized carbons (Fsp3) is 0.857. The van der Waals surface area contributed by atoms with Crippen molar-refractivity contribution in [1.29, 1.82) is 0 Å². The Kier molecular flexibility index (Phi) is 7.08. The second-order valence-corrected chi connectivity index (χ2v) is 2.06. The van der Waals surface area contributed by atoms with Crippen LogP contribution in [0.5, 0.6) is 0 Å². The van der Waals surface area contributed by atoms with Crippen LogP contribution in [0, 0.1) is 0 Å². The van der Waals surface area contributed by atoms with Crippen LogP contribution in [0.25, 0.3) is 0 Å². The van der Waals surface area contributed by atoms with Gasteiger partial charge < -0.3 is 15.2 Å². The average Bonchev–Trinajstić information content (AvgIpc) is 2.01. The first-order chi connectivity index (χ1) is 5.31. The van der Waals surface area contributed by atoms with Crippen molar-refractivity contribution in [3.8, 4) is 0 Å². The molecule has 0 unspecified atom stereocenters. The van der Waals surface area contributed by atoms with E-state index in [0.717, 1.165) is 0 Å². The maximum Gasteiger partial charge on any atom is 0.245 e. The maximum atomic E-state index is 10.8. The standard InChI is InChI=1S/C7H15NO3/c1-2-11-6-7(10)8-4-3-5-9/h9H,2-6H2,1H3,(H,8,10). The summed E-state index contributed by atoms with van der Waals surface area (Å²) in [6.45, 7) is 3.12. The van der Waals surface area contributed by atoms with Gasteiger partial charge in [0.2, 0.25) is 5.91 Å². The molecule has 0 bridgehead atoms. The summed E-state index contributed by atoms with van der Waals surface area (Å²) in [6, 6.07) is 0. The molecule has 0 aliphatic rings. The van der Waals surface area contributed by atoms with Crippen LogP contribution < -0.4 is 5.32 Å². The molecule has 0 fully saturated rings. The van der Waals surface area contributed by atoms with Crippen LogP contribution in [0.1, 0.15) is 13.3 Å². The lowest BCUT2D eigenvalue weighted by Crippen LogP contribution is -2.28. The Bertz CT molecular complexity index is 106. The molecule has 0 rings (SSSR count). The summed E-state index contributed by atoms with van der Waals surface area (Å²) in [5.74, 6) is -0.125. The molecule has 11 heavy (non-hydrogen) atoms. The molecule has 0 aromatic rings. The molecular weight excluding hydrogens is 146 g/mol. The predicted molar refractivity (Wildman–Crippen MR) is 41.2 cm³/mol. The lowest BCUT2D eigenvalue weighted by atomic mass is 10.4. The Morgan fingerprint density at radius 2 is 2.36 bits per heavy atom. The van der Waals surface area contributed by atoms with Crippen molar-refractivity contribution in [3.05, 3.63) is 0 Å². The largest absolute Gasteiger partial charge is 0.396 e. The Balaban J connectivity index is 3.09. The van der Waals surface area contributed by atoms with E-state index < -0.39 is 0 Å². The molecule has 0 aromatic carbocycles. The number of amides is 1. The molecule has 1 amide bonds. The van der Waals surface area contributed by atoms with Gasteiger partial charge in [-0.05, 0) is 13.3 Å². The highest BCUT2D eigenvalue weighted by atomic mass is 16.5. The third-order valence-electron chi connectivity index (χ3n) is 1.09. The summed E-state index contributed by atoms with van der Waals surface area (Å²) in [5, 5.41) is 11.0. The van der Waals surface area contributed by atoms with Gasteiger partial charge in [0.25, 0.3) is 0 Å². The molecule has 0 aliphatic heterocycles. The van der Waals surface area contributed by atoms with E-state index in [0.29, 0.717) is 19.6 Å². The van der Waals surface area contributed by atoms with Crippen LogP contribution in [0.3, 0.4) is 0 Å². The summed E-state index contributed by atoms with van der Waals surface area (Å²) in [6.07, 6.45) is 0.595. The Labute approximate surface area is 66.5 Å². The zero-order valence-electron chi connectivity index (χ0n) is 6.80. The van der Waals surface area contributed by atoms with E-state index in [1.807, 2.05) is 6.92 Å². The topological polar surface area (TPSA) is 58.6 Å². The summed E-state index contributed by atoms with van der Waals surface area (Å²) in [4.78, 5) is 10.8. The predicted octanol–water partition coefficient (Wildman–Crippen LogP) is -0.479. The molecule has 0 spiro atoms. The fourth-order valence-corrected chi connectivity index (χ4v) is 0.553. The molecular formula is C7H15NO3. The lowest BCUT2D eigenvalue weighted by molar-refractivity contribution is -0.125. The maximum absolute atomic E-state index is 10.8. The third-order valence-corrected chi connectivity index (χ3v) is 1.09. The molecule has 0 heterocycles. The Morgan fingerprint density at radius 1 is 1.64 bits per heavy atom. The Morgan fingerprint density at radius 3 is 2.91 bits per heavy atom. The van der Waals surface area contributed by atoms with E-state index in [4.69, 9.17) is 9.84 Å². The molecule has 66 valence electrons. The molecule has 0 aromatic heterocycles. The van der Waals surface area contributed by atoms with Gasteiger partial charge in [0.1, 0.15) is 6.61 Å². The van der Waals surface area contributed by atoms with Crippen LogP contribution >= 0.6 is 0 Å². The number of carbonyl (C=O) groups excluding carboxylic acids is 1. The molecule has 4 heteroatoms. The van der Waals surface area contributed by atoms with Gasteiger partial charge in [-0.1, -0.05) is 0 Å².